The highest BCUT2D eigenvalue weighted by Crippen LogP contribution is 2.36. The molecule has 12 rings (SSSR count). The zero-order chi connectivity index (χ0) is 95.4. The Labute approximate surface area is 799 Å². The number of carbonyl (C=O) groups is 5. The molecular weight excluding hydrogens is 1670 g/mol. The van der Waals surface area contributed by atoms with E-state index in [4.69, 9.17) is 64.0 Å². The van der Waals surface area contributed by atoms with Crippen LogP contribution >= 0.6 is 11.6 Å². The summed E-state index contributed by atoms with van der Waals surface area (Å²) in [6.45, 7) is 25.0. The van der Waals surface area contributed by atoms with Crippen molar-refractivity contribution in [3.8, 4) is 0 Å². The van der Waals surface area contributed by atoms with Crippen LogP contribution in [-0.2, 0) is 60.5 Å². The van der Waals surface area contributed by atoms with Gasteiger partial charge in [0.05, 0.1) is 30.5 Å². The summed E-state index contributed by atoms with van der Waals surface area (Å²) in [5.74, 6) is 2.96. The number of ketones is 1. The minimum absolute atomic E-state index is 0.00535. The van der Waals surface area contributed by atoms with Gasteiger partial charge in [-0.1, -0.05) is 324 Å². The number of nitrogens with one attached hydrogen (secondary N) is 4. The number of nitrogens with two attached hydrogens (primary N) is 5. The molecule has 0 heterocycles. The van der Waals surface area contributed by atoms with E-state index in [2.05, 4.69) is 132 Å². The quantitative estimate of drug-likeness (QED) is 0.0172. The Balaban J connectivity index is 0.000000204. The molecule has 5 fully saturated rings. The second-order valence-electron chi connectivity index (χ2n) is 40.1. The van der Waals surface area contributed by atoms with E-state index in [0.29, 0.717) is 55.5 Å². The summed E-state index contributed by atoms with van der Waals surface area (Å²) >= 11 is 6.17. The molecular formula is C112H170ClN9O10. The van der Waals surface area contributed by atoms with E-state index in [9.17, 15) is 24.0 Å². The molecule has 0 aromatic heterocycles. The standard InChI is InChI=1S/C26H37NO2.C23H32N2O2.C22H36N2O2.C21H33ClN2O2.C20H32N2O2/c1-18(2)29-26(24(27)17-20-10-5-4-6-11-20)25(28)16-19(3)22-15-9-13-21-12-7-8-14-23(21)22;1-16(19-13-12-18-10-6-7-11-20(18)15-19)25-23(26)22(27-2)21(24)14-17-8-4-3-5-9-17;1-16(2)26-21(20(23)15-19-7-5-4-6-8-19)22(25)24-14-13-18-11-9-17(3)10-12-18;1-15(2)26-20(19(23)14-16-8-4-3-5-9-16)21(25)24-13-12-17-10-6-7-11-18(17)22;1-14(2)24-19(18(21)13-16-7-5-4-6-8-16)20(23)22-17-11-9-15(3)10-12-17/h7-9,12-15,18-20,24,26H,4-6,10-11,16-17,27H2,1-3H3;6-7,10-13,15-17,21-22H,3-5,8-9,14,24H2,1-2H3,(H,25,26);9-12,16,19-21H,4-8,13-15,23H2,1-3H3,(H,24,25);6-7,10-11,15-16,19-20H,3-5,8-9,12-14,23H2,1-2H3,(H,24,25);9-12,14,16,18-19H,4-8,13,21H2,1-3H3,(H,22,23)/t19-,24-,26?;16-,21+,22?;20-,21?;19-,20?;18-,19?/m10111/s1. The molecule has 0 saturated heterocycles. The van der Waals surface area contributed by atoms with Crippen LogP contribution in [0.1, 0.15) is 314 Å². The summed E-state index contributed by atoms with van der Waals surface area (Å²) in [7, 11) is 1.58. The van der Waals surface area contributed by atoms with Crippen LogP contribution < -0.4 is 49.9 Å². The third-order valence-electron chi connectivity index (χ3n) is 27.2. The largest absolute Gasteiger partial charge is 0.370 e. The first-order chi connectivity index (χ1) is 63.4. The zero-order valence-corrected chi connectivity index (χ0v) is 83.5. The van der Waals surface area contributed by atoms with Crippen LogP contribution in [-0.4, -0.2) is 135 Å². The molecule has 0 bridgehead atoms. The van der Waals surface area contributed by atoms with E-state index in [0.717, 1.165) is 65.9 Å². The number of benzene rings is 7. The average molecular weight is 1840 g/mol. The van der Waals surface area contributed by atoms with E-state index < -0.39 is 30.5 Å². The molecule has 12 atom stereocenters. The highest BCUT2D eigenvalue weighted by Gasteiger charge is 2.36. The number of carbonyl (C=O) groups excluding carboxylic acids is 5. The second-order valence-corrected chi connectivity index (χ2v) is 40.5. The van der Waals surface area contributed by atoms with Crippen LogP contribution in [0.4, 0.5) is 5.69 Å². The molecule has 132 heavy (non-hydrogen) atoms. The number of fused-ring (bicyclic) bond motifs is 2. The lowest BCUT2D eigenvalue weighted by molar-refractivity contribution is -0.138. The minimum Gasteiger partial charge on any atom is -0.370 e. The third-order valence-corrected chi connectivity index (χ3v) is 27.5. The minimum atomic E-state index is -0.603. The molecule has 7 aromatic rings. The number of hydrogen-bond donors (Lipinski definition) is 9. The predicted octanol–water partition coefficient (Wildman–Crippen LogP) is 22.2. The summed E-state index contributed by atoms with van der Waals surface area (Å²) in [4.78, 5) is 64.1. The Morgan fingerprint density at radius 3 is 1.19 bits per heavy atom. The SMILES string of the molecule is CC(C)OC(C(=O)C[C@@H](C)c1cccc2ccccc12)[C@H](N)CC1CCCCC1.CC(C)OC(C(=O)NCCc1ccccc1Cl)[C@H](N)CC1CCCCC1.COC(C(=O)N[C@@H](C)c1ccc2ccccc2c1)[C@H](N)CC1CCCCC1.Cc1ccc(CCNC(=O)C(OC(C)C)[C@H](N)CC2CCCCC2)cc1.Cc1ccc(NC(=O)C(OC(C)C)[C@H](N)CC2CCCCC2)cc1. The Hall–Kier alpha value is -7.50. The van der Waals surface area contributed by atoms with Crippen molar-refractivity contribution in [3.05, 3.63) is 196 Å². The summed E-state index contributed by atoms with van der Waals surface area (Å²) in [5.41, 5.74) is 39.9. The van der Waals surface area contributed by atoms with E-state index in [1.54, 1.807) is 7.11 Å². The molecule has 5 aliphatic rings. The molecule has 20 heteroatoms. The maximum absolute atomic E-state index is 13.3. The van der Waals surface area contributed by atoms with Crippen LogP contribution in [0.3, 0.4) is 0 Å². The molecule has 5 aliphatic carbocycles. The molecule has 0 aliphatic heterocycles. The van der Waals surface area contributed by atoms with Crippen molar-refractivity contribution in [1.29, 1.82) is 0 Å². The number of methoxy groups -OCH3 is 1. The number of ether oxygens (including phenoxy) is 5. The topological polar surface area (TPSA) is 310 Å². The first-order valence-electron chi connectivity index (χ1n) is 50.9. The monoisotopic (exact) mass is 1840 g/mol. The van der Waals surface area contributed by atoms with Crippen molar-refractivity contribution in [2.24, 2.45) is 58.3 Å². The fourth-order valence-electron chi connectivity index (χ4n) is 20.0. The van der Waals surface area contributed by atoms with Gasteiger partial charge in [-0.05, 0) is 225 Å². The van der Waals surface area contributed by atoms with Crippen molar-refractivity contribution in [3.63, 3.8) is 0 Å². The smallest absolute Gasteiger partial charge is 0.255 e. The molecule has 730 valence electrons. The van der Waals surface area contributed by atoms with Gasteiger partial charge < -0.3 is 73.6 Å². The van der Waals surface area contributed by atoms with Crippen LogP contribution in [0.2, 0.25) is 5.02 Å². The van der Waals surface area contributed by atoms with E-state index >= 15 is 0 Å². The fourth-order valence-corrected chi connectivity index (χ4v) is 20.2. The lowest BCUT2D eigenvalue weighted by Gasteiger charge is -2.30. The maximum Gasteiger partial charge on any atom is 0.255 e. The molecule has 5 saturated carbocycles. The van der Waals surface area contributed by atoms with Crippen molar-refractivity contribution >= 4 is 68.2 Å². The number of halogens is 1. The average Bonchev–Trinajstić information content (AvgIpc) is 0.816. The van der Waals surface area contributed by atoms with Crippen molar-refractivity contribution in [1.82, 2.24) is 16.0 Å². The van der Waals surface area contributed by atoms with Gasteiger partial charge in [0.2, 0.25) is 0 Å². The Morgan fingerprint density at radius 1 is 0.379 bits per heavy atom. The van der Waals surface area contributed by atoms with E-state index in [-0.39, 0.29) is 96.0 Å². The Bertz CT molecular complexity index is 4440. The van der Waals surface area contributed by atoms with Crippen LogP contribution in [0, 0.1) is 43.4 Å². The summed E-state index contributed by atoms with van der Waals surface area (Å²) < 4.78 is 29.2. The molecule has 0 radical (unpaired) electrons. The van der Waals surface area contributed by atoms with Crippen molar-refractivity contribution < 1.29 is 47.7 Å². The Kier molecular flexibility index (Phi) is 49.5. The highest BCUT2D eigenvalue weighted by atomic mass is 35.5. The number of aryl methyl sites for hydroxylation is 2. The van der Waals surface area contributed by atoms with Gasteiger partial charge in [-0.25, -0.2) is 0 Å². The van der Waals surface area contributed by atoms with Crippen molar-refractivity contribution in [2.45, 2.75) is 392 Å². The maximum atomic E-state index is 13.3. The van der Waals surface area contributed by atoms with Gasteiger partial charge in [0.25, 0.3) is 23.6 Å². The molecule has 5 unspecified atom stereocenters. The molecule has 7 aromatic carbocycles. The van der Waals surface area contributed by atoms with Crippen LogP contribution in [0.5, 0.6) is 0 Å². The Morgan fingerprint density at radius 2 is 0.750 bits per heavy atom. The number of Topliss-reactive ketones (excluding diaryl/α,β-unsaturated/α-hetero) is 1. The number of amides is 4. The van der Waals surface area contributed by atoms with Gasteiger partial charge >= 0.3 is 0 Å². The van der Waals surface area contributed by atoms with Gasteiger partial charge in [-0.3, -0.25) is 24.0 Å². The zero-order valence-electron chi connectivity index (χ0n) is 82.7. The van der Waals surface area contributed by atoms with E-state index in [1.807, 2.05) is 130 Å². The van der Waals surface area contributed by atoms with Crippen LogP contribution in [0.25, 0.3) is 21.5 Å². The number of rotatable bonds is 41. The van der Waals surface area contributed by atoms with Crippen LogP contribution in [0.15, 0.2) is 158 Å². The van der Waals surface area contributed by atoms with Gasteiger partial charge in [-0.15, -0.1) is 0 Å². The molecule has 14 N–H and O–H groups in total. The third kappa shape index (κ3) is 39.3. The fraction of sp³-hybridized carbons (Fsp3) is 0.616. The molecule has 0 spiro atoms. The predicted molar refractivity (Wildman–Crippen MR) is 545 cm³/mol. The van der Waals surface area contributed by atoms with Gasteiger partial charge in [0, 0.05) is 67.5 Å². The highest BCUT2D eigenvalue weighted by molar-refractivity contribution is 6.31. The molecule has 19 nitrogen and oxygen atoms in total. The summed E-state index contributed by atoms with van der Waals surface area (Å²) in [6.07, 6.45) is 35.1. The first kappa shape index (κ1) is 110. The molecule has 4 amide bonds. The lowest BCUT2D eigenvalue weighted by atomic mass is 9.82. The van der Waals surface area contributed by atoms with Gasteiger partial charge in [0.1, 0.15) is 6.10 Å². The first-order valence-corrected chi connectivity index (χ1v) is 51.2. The summed E-state index contributed by atoms with van der Waals surface area (Å²) in [6, 6.07) is 51.8. The van der Waals surface area contributed by atoms with Gasteiger partial charge in [0.15, 0.2) is 30.2 Å². The van der Waals surface area contributed by atoms with E-state index in [1.165, 1.54) is 199 Å². The van der Waals surface area contributed by atoms with Gasteiger partial charge in [-0.2, -0.15) is 0 Å². The summed E-state index contributed by atoms with van der Waals surface area (Å²) in [5, 5.41) is 17.6. The lowest BCUT2D eigenvalue weighted by Crippen LogP contribution is -2.50. The van der Waals surface area contributed by atoms with Crippen molar-refractivity contribution in [2.75, 3.05) is 25.5 Å². The second kappa shape index (κ2) is 59.5. The number of anilines is 1. The normalized spacial score (nSPS) is 18.3. The number of hydrogen-bond acceptors (Lipinski definition) is 15.